The minimum absolute atomic E-state index is 0.203. The highest BCUT2D eigenvalue weighted by molar-refractivity contribution is 5.93. The molecule has 1 N–H and O–H groups in total. The molecule has 2 amide bonds. The molecule has 0 spiro atoms. The smallest absolute Gasteiger partial charge is 0.321 e. The van der Waals surface area contributed by atoms with E-state index < -0.39 is 0 Å². The standard InChI is InChI=1S/C19H21N5O2/c1-23(13-14-9-11-26-22-14)19(25)21-17-8-3-2-7-16(17)18-20-12-15-6-4-5-10-24(15)18/h2-3,7-9,11-12H,4-6,10,13H2,1H3,(H,21,25). The Morgan fingerprint density at radius 1 is 1.31 bits per heavy atom. The molecule has 134 valence electrons. The number of urea groups is 1. The van der Waals surface area contributed by atoms with Crippen molar-refractivity contribution in [2.75, 3.05) is 12.4 Å². The van der Waals surface area contributed by atoms with Gasteiger partial charge in [0.1, 0.15) is 17.8 Å². The van der Waals surface area contributed by atoms with Crippen LogP contribution < -0.4 is 5.32 Å². The zero-order valence-electron chi connectivity index (χ0n) is 14.7. The van der Waals surface area contributed by atoms with Gasteiger partial charge in [0.15, 0.2) is 0 Å². The summed E-state index contributed by atoms with van der Waals surface area (Å²) in [6.07, 6.45) is 6.87. The fraction of sp³-hybridized carbons (Fsp3) is 0.316. The molecule has 0 atom stereocenters. The largest absolute Gasteiger partial charge is 0.364 e. The number of anilines is 1. The molecule has 0 saturated carbocycles. The van der Waals surface area contributed by atoms with Gasteiger partial charge in [-0.25, -0.2) is 9.78 Å². The van der Waals surface area contributed by atoms with E-state index in [-0.39, 0.29) is 6.03 Å². The summed E-state index contributed by atoms with van der Waals surface area (Å²) < 4.78 is 7.07. The first kappa shape index (κ1) is 16.4. The van der Waals surface area contributed by atoms with E-state index in [9.17, 15) is 4.79 Å². The third-order valence-electron chi connectivity index (χ3n) is 4.65. The maximum Gasteiger partial charge on any atom is 0.321 e. The van der Waals surface area contributed by atoms with Crippen molar-refractivity contribution < 1.29 is 9.32 Å². The second kappa shape index (κ2) is 7.03. The molecule has 4 rings (SSSR count). The van der Waals surface area contributed by atoms with Crippen LogP contribution in [0.25, 0.3) is 11.4 Å². The lowest BCUT2D eigenvalue weighted by atomic mass is 10.1. The number of imidazole rings is 1. The number of carbonyl (C=O) groups excluding carboxylic acids is 1. The molecule has 0 radical (unpaired) electrons. The quantitative estimate of drug-likeness (QED) is 0.780. The molecule has 2 aromatic heterocycles. The summed E-state index contributed by atoms with van der Waals surface area (Å²) in [6, 6.07) is 9.32. The second-order valence-corrected chi connectivity index (χ2v) is 6.50. The number of nitrogens with one attached hydrogen (secondary N) is 1. The number of amides is 2. The van der Waals surface area contributed by atoms with Gasteiger partial charge in [0.25, 0.3) is 0 Å². The molecule has 7 heteroatoms. The summed E-state index contributed by atoms with van der Waals surface area (Å²) in [6.45, 7) is 1.35. The number of aromatic nitrogens is 3. The van der Waals surface area contributed by atoms with Gasteiger partial charge >= 0.3 is 6.03 Å². The summed E-state index contributed by atoms with van der Waals surface area (Å²) in [4.78, 5) is 18.8. The average Bonchev–Trinajstić information content (AvgIpc) is 3.32. The number of carbonyl (C=O) groups is 1. The number of aryl methyl sites for hydroxylation is 1. The summed E-state index contributed by atoms with van der Waals surface area (Å²) in [7, 11) is 1.73. The highest BCUT2D eigenvalue weighted by Crippen LogP contribution is 2.30. The van der Waals surface area contributed by atoms with Gasteiger partial charge < -0.3 is 19.3 Å². The first-order valence-corrected chi connectivity index (χ1v) is 8.77. The van der Waals surface area contributed by atoms with Crippen LogP contribution in [0.1, 0.15) is 24.2 Å². The molecule has 3 aromatic rings. The van der Waals surface area contributed by atoms with Crippen molar-refractivity contribution in [2.24, 2.45) is 0 Å². The predicted octanol–water partition coefficient (Wildman–Crippen LogP) is 3.54. The summed E-state index contributed by atoms with van der Waals surface area (Å²) >= 11 is 0. The minimum Gasteiger partial charge on any atom is -0.364 e. The maximum absolute atomic E-state index is 12.6. The molecular weight excluding hydrogens is 330 g/mol. The van der Waals surface area contributed by atoms with Crippen molar-refractivity contribution in [1.82, 2.24) is 19.6 Å². The van der Waals surface area contributed by atoms with E-state index in [0.717, 1.165) is 36.5 Å². The van der Waals surface area contributed by atoms with Gasteiger partial charge in [0.2, 0.25) is 0 Å². The molecule has 1 aromatic carbocycles. The Hall–Kier alpha value is -3.09. The van der Waals surface area contributed by atoms with E-state index in [2.05, 4.69) is 20.0 Å². The Labute approximate surface area is 151 Å². The molecule has 3 heterocycles. The zero-order chi connectivity index (χ0) is 17.9. The van der Waals surface area contributed by atoms with Gasteiger partial charge in [-0.05, 0) is 31.4 Å². The fourth-order valence-electron chi connectivity index (χ4n) is 3.28. The van der Waals surface area contributed by atoms with E-state index in [1.807, 2.05) is 30.5 Å². The second-order valence-electron chi connectivity index (χ2n) is 6.50. The van der Waals surface area contributed by atoms with Crippen molar-refractivity contribution in [1.29, 1.82) is 0 Å². The highest BCUT2D eigenvalue weighted by atomic mass is 16.5. The lowest BCUT2D eigenvalue weighted by Gasteiger charge is -2.20. The fourth-order valence-corrected chi connectivity index (χ4v) is 3.28. The Kier molecular flexibility index (Phi) is 4.43. The Balaban J connectivity index is 1.56. The van der Waals surface area contributed by atoms with E-state index >= 15 is 0 Å². The molecule has 0 aliphatic carbocycles. The monoisotopic (exact) mass is 351 g/mol. The number of nitrogens with zero attached hydrogens (tertiary/aromatic N) is 4. The minimum atomic E-state index is -0.203. The van der Waals surface area contributed by atoms with Crippen LogP contribution in [0.4, 0.5) is 10.5 Å². The average molecular weight is 351 g/mol. The summed E-state index contributed by atoms with van der Waals surface area (Å²) in [5.41, 5.74) is 3.65. The van der Waals surface area contributed by atoms with Crippen LogP contribution in [0.3, 0.4) is 0 Å². The predicted molar refractivity (Wildman–Crippen MR) is 97.6 cm³/mol. The molecule has 26 heavy (non-hydrogen) atoms. The van der Waals surface area contributed by atoms with Gasteiger partial charge in [-0.3, -0.25) is 0 Å². The number of hydrogen-bond donors (Lipinski definition) is 1. The van der Waals surface area contributed by atoms with Crippen molar-refractivity contribution in [3.63, 3.8) is 0 Å². The molecule has 1 aliphatic heterocycles. The van der Waals surface area contributed by atoms with Gasteiger partial charge in [0.05, 0.1) is 12.2 Å². The van der Waals surface area contributed by atoms with Crippen LogP contribution in [-0.4, -0.2) is 32.7 Å². The SMILES string of the molecule is CN(Cc1ccon1)C(=O)Nc1ccccc1-c1ncc2n1CCCC2. The van der Waals surface area contributed by atoms with Crippen molar-refractivity contribution in [3.05, 3.63) is 54.2 Å². The summed E-state index contributed by atoms with van der Waals surface area (Å²) in [5.74, 6) is 0.912. The number of fused-ring (bicyclic) bond motifs is 1. The highest BCUT2D eigenvalue weighted by Gasteiger charge is 2.19. The van der Waals surface area contributed by atoms with Crippen molar-refractivity contribution in [2.45, 2.75) is 32.4 Å². The lowest BCUT2D eigenvalue weighted by molar-refractivity contribution is 0.219. The van der Waals surface area contributed by atoms with Crippen LogP contribution in [-0.2, 0) is 19.5 Å². The van der Waals surface area contributed by atoms with Crippen LogP contribution in [0, 0.1) is 0 Å². The molecule has 0 bridgehead atoms. The number of rotatable bonds is 4. The molecule has 0 saturated heterocycles. The van der Waals surface area contributed by atoms with Crippen molar-refractivity contribution >= 4 is 11.7 Å². The molecule has 0 unspecified atom stereocenters. The number of para-hydroxylation sites is 1. The molecule has 0 fully saturated rings. The number of hydrogen-bond acceptors (Lipinski definition) is 4. The van der Waals surface area contributed by atoms with Crippen LogP contribution in [0.15, 0.2) is 47.3 Å². The topological polar surface area (TPSA) is 76.2 Å². The lowest BCUT2D eigenvalue weighted by Crippen LogP contribution is -2.31. The number of benzene rings is 1. The van der Waals surface area contributed by atoms with Crippen LogP contribution >= 0.6 is 0 Å². The van der Waals surface area contributed by atoms with Gasteiger partial charge in [-0.2, -0.15) is 0 Å². The van der Waals surface area contributed by atoms with Gasteiger partial charge in [-0.15, -0.1) is 0 Å². The molecular formula is C19H21N5O2. The van der Waals surface area contributed by atoms with E-state index in [4.69, 9.17) is 4.52 Å². The Bertz CT molecular complexity index is 901. The van der Waals surface area contributed by atoms with Gasteiger partial charge in [0, 0.05) is 37.1 Å². The maximum atomic E-state index is 12.6. The Morgan fingerprint density at radius 2 is 2.19 bits per heavy atom. The molecule has 7 nitrogen and oxygen atoms in total. The van der Waals surface area contributed by atoms with Crippen LogP contribution in [0.5, 0.6) is 0 Å². The summed E-state index contributed by atoms with van der Waals surface area (Å²) in [5, 5.41) is 6.84. The third-order valence-corrected chi connectivity index (χ3v) is 4.65. The molecule has 1 aliphatic rings. The van der Waals surface area contributed by atoms with Crippen LogP contribution in [0.2, 0.25) is 0 Å². The van der Waals surface area contributed by atoms with E-state index in [1.165, 1.54) is 18.4 Å². The zero-order valence-corrected chi connectivity index (χ0v) is 14.7. The third kappa shape index (κ3) is 3.20. The first-order valence-electron chi connectivity index (χ1n) is 8.77. The van der Waals surface area contributed by atoms with E-state index in [0.29, 0.717) is 12.2 Å². The van der Waals surface area contributed by atoms with Crippen molar-refractivity contribution in [3.8, 4) is 11.4 Å². The Morgan fingerprint density at radius 3 is 3.04 bits per heavy atom. The first-order chi connectivity index (χ1) is 12.7. The van der Waals surface area contributed by atoms with Gasteiger partial charge in [-0.1, -0.05) is 17.3 Å². The van der Waals surface area contributed by atoms with E-state index in [1.54, 1.807) is 18.0 Å². The normalized spacial score (nSPS) is 13.3.